The zero-order valence-corrected chi connectivity index (χ0v) is 12.4. The molecule has 6 nitrogen and oxygen atoms in total. The summed E-state index contributed by atoms with van der Waals surface area (Å²) < 4.78 is 10.1. The summed E-state index contributed by atoms with van der Waals surface area (Å²) in [5.41, 5.74) is 4.58. The molecule has 1 aromatic carbocycles. The molecule has 0 bridgehead atoms. The Morgan fingerprint density at radius 3 is 2.76 bits per heavy atom. The van der Waals surface area contributed by atoms with E-state index in [1.165, 1.54) is 11.1 Å². The van der Waals surface area contributed by atoms with Crippen LogP contribution in [0.15, 0.2) is 16.7 Å². The standard InChI is InChI=1S/C15H18N4O2/c1-9-6-11-12(7-10(9)2)17-13(16-11)4-5-15-18-14(8-20-3)19-21-15/h6-7H,4-5,8H2,1-3H3,(H,16,17). The van der Waals surface area contributed by atoms with E-state index in [4.69, 9.17) is 9.26 Å². The monoisotopic (exact) mass is 286 g/mol. The Balaban J connectivity index is 1.72. The normalized spacial score (nSPS) is 11.4. The minimum atomic E-state index is 0.368. The van der Waals surface area contributed by atoms with E-state index in [-0.39, 0.29) is 0 Å². The van der Waals surface area contributed by atoms with Gasteiger partial charge in [-0.3, -0.25) is 0 Å². The van der Waals surface area contributed by atoms with Crippen LogP contribution in [0, 0.1) is 13.8 Å². The second kappa shape index (κ2) is 5.65. The first kappa shape index (κ1) is 13.8. The number of fused-ring (bicyclic) bond motifs is 1. The minimum Gasteiger partial charge on any atom is -0.377 e. The van der Waals surface area contributed by atoms with E-state index in [1.807, 2.05) is 0 Å². The number of imidazole rings is 1. The number of hydrogen-bond acceptors (Lipinski definition) is 5. The lowest BCUT2D eigenvalue weighted by Crippen LogP contribution is -1.95. The maximum atomic E-state index is 5.17. The molecule has 0 spiro atoms. The number of H-pyrrole nitrogens is 1. The van der Waals surface area contributed by atoms with E-state index >= 15 is 0 Å². The van der Waals surface area contributed by atoms with Crippen molar-refractivity contribution in [2.45, 2.75) is 33.3 Å². The lowest BCUT2D eigenvalue weighted by Gasteiger charge is -1.97. The Morgan fingerprint density at radius 2 is 1.95 bits per heavy atom. The van der Waals surface area contributed by atoms with Gasteiger partial charge in [0.25, 0.3) is 0 Å². The summed E-state index contributed by atoms with van der Waals surface area (Å²) >= 11 is 0. The van der Waals surface area contributed by atoms with Crippen molar-refractivity contribution in [3.8, 4) is 0 Å². The van der Waals surface area contributed by atoms with Gasteiger partial charge in [0.05, 0.1) is 11.0 Å². The van der Waals surface area contributed by atoms with Crippen LogP contribution in [-0.4, -0.2) is 27.2 Å². The first-order valence-corrected chi connectivity index (χ1v) is 6.92. The number of methoxy groups -OCH3 is 1. The first-order chi connectivity index (χ1) is 10.2. The molecule has 3 aromatic rings. The molecule has 0 saturated heterocycles. The van der Waals surface area contributed by atoms with Crippen molar-refractivity contribution in [3.05, 3.63) is 40.8 Å². The maximum Gasteiger partial charge on any atom is 0.227 e. The molecule has 0 saturated carbocycles. The molecule has 1 N–H and O–H groups in total. The highest BCUT2D eigenvalue weighted by molar-refractivity contribution is 5.77. The summed E-state index contributed by atoms with van der Waals surface area (Å²) in [4.78, 5) is 12.2. The van der Waals surface area contributed by atoms with Crippen LogP contribution in [-0.2, 0) is 24.2 Å². The van der Waals surface area contributed by atoms with Crippen molar-refractivity contribution in [1.29, 1.82) is 0 Å². The number of aromatic amines is 1. The van der Waals surface area contributed by atoms with Gasteiger partial charge in [-0.15, -0.1) is 0 Å². The van der Waals surface area contributed by atoms with Gasteiger partial charge in [-0.1, -0.05) is 5.16 Å². The minimum absolute atomic E-state index is 0.368. The van der Waals surface area contributed by atoms with Crippen LogP contribution < -0.4 is 0 Å². The topological polar surface area (TPSA) is 76.8 Å². The summed E-state index contributed by atoms with van der Waals surface area (Å²) in [7, 11) is 1.61. The summed E-state index contributed by atoms with van der Waals surface area (Å²) in [6.07, 6.45) is 1.40. The first-order valence-electron chi connectivity index (χ1n) is 6.92. The Labute approximate surface area is 122 Å². The Kier molecular flexibility index (Phi) is 3.70. The van der Waals surface area contributed by atoms with Crippen molar-refractivity contribution in [2.75, 3.05) is 7.11 Å². The molecule has 3 rings (SSSR count). The fraction of sp³-hybridized carbons (Fsp3) is 0.400. The van der Waals surface area contributed by atoms with E-state index in [1.54, 1.807) is 7.11 Å². The lowest BCUT2D eigenvalue weighted by atomic mass is 10.1. The Bertz CT molecular complexity index is 721. The highest BCUT2D eigenvalue weighted by Gasteiger charge is 2.09. The van der Waals surface area contributed by atoms with Gasteiger partial charge in [0, 0.05) is 20.0 Å². The molecule has 0 aliphatic heterocycles. The van der Waals surface area contributed by atoms with Crippen LogP contribution in [0.1, 0.15) is 28.7 Å². The van der Waals surface area contributed by atoms with Crippen molar-refractivity contribution >= 4 is 11.0 Å². The quantitative estimate of drug-likeness (QED) is 0.779. The third-order valence-corrected chi connectivity index (χ3v) is 3.51. The van der Waals surface area contributed by atoms with Crippen LogP contribution in [0.25, 0.3) is 11.0 Å². The Morgan fingerprint density at radius 1 is 1.14 bits per heavy atom. The number of nitrogens with one attached hydrogen (secondary N) is 1. The molecule has 110 valence electrons. The lowest BCUT2D eigenvalue weighted by molar-refractivity contribution is 0.174. The molecular weight excluding hydrogens is 268 g/mol. The maximum absolute atomic E-state index is 5.17. The second-order valence-corrected chi connectivity index (χ2v) is 5.17. The molecule has 0 aliphatic rings. The SMILES string of the molecule is COCc1noc(CCc2nc3cc(C)c(C)cc3[nH]2)n1. The molecule has 0 radical (unpaired) electrons. The zero-order chi connectivity index (χ0) is 14.8. The van der Waals surface area contributed by atoms with Crippen molar-refractivity contribution < 1.29 is 9.26 Å². The van der Waals surface area contributed by atoms with Gasteiger partial charge in [0.1, 0.15) is 12.4 Å². The third kappa shape index (κ3) is 2.95. The van der Waals surface area contributed by atoms with Crippen molar-refractivity contribution in [1.82, 2.24) is 20.1 Å². The molecule has 0 atom stereocenters. The highest BCUT2D eigenvalue weighted by atomic mass is 16.5. The van der Waals surface area contributed by atoms with E-state index in [0.29, 0.717) is 24.7 Å². The number of hydrogen-bond donors (Lipinski definition) is 1. The smallest absolute Gasteiger partial charge is 0.227 e. The molecule has 0 amide bonds. The van der Waals surface area contributed by atoms with Gasteiger partial charge in [0.15, 0.2) is 5.82 Å². The molecule has 21 heavy (non-hydrogen) atoms. The van der Waals surface area contributed by atoms with Gasteiger partial charge >= 0.3 is 0 Å². The van der Waals surface area contributed by atoms with Crippen LogP contribution in [0.4, 0.5) is 0 Å². The summed E-state index contributed by atoms with van der Waals surface area (Å²) in [5.74, 6) is 2.11. The van der Waals surface area contributed by atoms with Gasteiger partial charge in [-0.2, -0.15) is 4.98 Å². The molecule has 6 heteroatoms. The van der Waals surface area contributed by atoms with Gasteiger partial charge in [-0.05, 0) is 37.1 Å². The largest absolute Gasteiger partial charge is 0.377 e. The molecule has 2 heterocycles. The molecule has 0 unspecified atom stereocenters. The van der Waals surface area contributed by atoms with Gasteiger partial charge in [-0.25, -0.2) is 4.98 Å². The van der Waals surface area contributed by atoms with Gasteiger partial charge in [0.2, 0.25) is 5.89 Å². The molecular formula is C15H18N4O2. The van der Waals surface area contributed by atoms with Crippen LogP contribution >= 0.6 is 0 Å². The van der Waals surface area contributed by atoms with Crippen LogP contribution in [0.5, 0.6) is 0 Å². The van der Waals surface area contributed by atoms with E-state index < -0.39 is 0 Å². The highest BCUT2D eigenvalue weighted by Crippen LogP contribution is 2.18. The van der Waals surface area contributed by atoms with Crippen LogP contribution in [0.3, 0.4) is 0 Å². The van der Waals surface area contributed by atoms with Crippen molar-refractivity contribution in [3.63, 3.8) is 0 Å². The number of ether oxygens (including phenoxy) is 1. The number of aryl methyl sites for hydroxylation is 4. The summed E-state index contributed by atoms with van der Waals surface area (Å²) in [6.45, 7) is 4.57. The second-order valence-electron chi connectivity index (χ2n) is 5.17. The number of aromatic nitrogens is 4. The number of rotatable bonds is 5. The van der Waals surface area contributed by atoms with E-state index in [9.17, 15) is 0 Å². The summed E-state index contributed by atoms with van der Waals surface area (Å²) in [6, 6.07) is 4.23. The van der Waals surface area contributed by atoms with E-state index in [2.05, 4.69) is 46.1 Å². The average Bonchev–Trinajstić information content (AvgIpc) is 3.04. The molecule has 0 aliphatic carbocycles. The third-order valence-electron chi connectivity index (χ3n) is 3.51. The van der Waals surface area contributed by atoms with Crippen LogP contribution in [0.2, 0.25) is 0 Å². The van der Waals surface area contributed by atoms with Crippen molar-refractivity contribution in [2.24, 2.45) is 0 Å². The molecule has 0 fully saturated rings. The summed E-state index contributed by atoms with van der Waals surface area (Å²) in [5, 5.41) is 3.84. The number of benzene rings is 1. The average molecular weight is 286 g/mol. The fourth-order valence-electron chi connectivity index (χ4n) is 2.25. The van der Waals surface area contributed by atoms with Gasteiger partial charge < -0.3 is 14.2 Å². The molecule has 2 aromatic heterocycles. The predicted octanol–water partition coefficient (Wildman–Crippen LogP) is 2.49. The Hall–Kier alpha value is -2.21. The zero-order valence-electron chi connectivity index (χ0n) is 12.4. The number of nitrogens with zero attached hydrogens (tertiary/aromatic N) is 3. The predicted molar refractivity (Wildman–Crippen MR) is 78.0 cm³/mol. The fourth-order valence-corrected chi connectivity index (χ4v) is 2.25. The van der Waals surface area contributed by atoms with E-state index in [0.717, 1.165) is 23.3 Å².